The molecule has 2 heterocycles. The molecular formula is C11H12FN5. The van der Waals surface area contributed by atoms with E-state index in [-0.39, 0.29) is 17.6 Å². The molecule has 0 amide bonds. The predicted octanol–water partition coefficient (Wildman–Crippen LogP) is 1.33. The van der Waals surface area contributed by atoms with Crippen molar-refractivity contribution in [3.63, 3.8) is 0 Å². The lowest BCUT2D eigenvalue weighted by molar-refractivity contribution is 0.617. The Bertz CT molecular complexity index is 526. The van der Waals surface area contributed by atoms with Gasteiger partial charge in [0, 0.05) is 0 Å². The second-order valence-corrected chi connectivity index (χ2v) is 3.69. The van der Waals surface area contributed by atoms with E-state index in [1.165, 1.54) is 12.3 Å². The van der Waals surface area contributed by atoms with Gasteiger partial charge in [0.05, 0.1) is 29.7 Å². The molecule has 0 aromatic carbocycles. The van der Waals surface area contributed by atoms with Gasteiger partial charge >= 0.3 is 0 Å². The van der Waals surface area contributed by atoms with E-state index in [1.54, 1.807) is 6.07 Å². The van der Waals surface area contributed by atoms with Crippen molar-refractivity contribution >= 4 is 11.5 Å². The van der Waals surface area contributed by atoms with Crippen LogP contribution in [0.3, 0.4) is 0 Å². The molecule has 2 aromatic heterocycles. The molecule has 0 radical (unpaired) electrons. The summed E-state index contributed by atoms with van der Waals surface area (Å²) in [5.41, 5.74) is 12.2. The summed E-state index contributed by atoms with van der Waals surface area (Å²) in [5.74, 6) is 0.206. The summed E-state index contributed by atoms with van der Waals surface area (Å²) in [6.45, 7) is 1.87. The van der Waals surface area contributed by atoms with E-state index in [1.807, 2.05) is 6.92 Å². The van der Waals surface area contributed by atoms with Gasteiger partial charge in [-0.15, -0.1) is 0 Å². The summed E-state index contributed by atoms with van der Waals surface area (Å²) in [7, 11) is 0. The maximum absolute atomic E-state index is 12.7. The van der Waals surface area contributed by atoms with Gasteiger partial charge in [-0.3, -0.25) is 4.98 Å². The van der Waals surface area contributed by atoms with Crippen LogP contribution in [0.5, 0.6) is 0 Å². The first kappa shape index (κ1) is 11.3. The molecule has 0 aliphatic heterocycles. The normalized spacial score (nSPS) is 12.4. The number of pyridine rings is 1. The van der Waals surface area contributed by atoms with Gasteiger partial charge in [-0.25, -0.2) is 14.4 Å². The zero-order valence-electron chi connectivity index (χ0n) is 9.26. The van der Waals surface area contributed by atoms with Gasteiger partial charge in [-0.05, 0) is 19.1 Å². The lowest BCUT2D eigenvalue weighted by Crippen LogP contribution is -2.08. The average molecular weight is 233 g/mol. The lowest BCUT2D eigenvalue weighted by Gasteiger charge is -2.10. The minimum atomic E-state index is -0.376. The van der Waals surface area contributed by atoms with Gasteiger partial charge in [-0.2, -0.15) is 0 Å². The number of hydrogen-bond donors (Lipinski definition) is 2. The fourth-order valence-electron chi connectivity index (χ4n) is 1.40. The minimum Gasteiger partial charge on any atom is -0.394 e. The fraction of sp³-hybridized carbons (Fsp3) is 0.182. The summed E-state index contributed by atoms with van der Waals surface area (Å²) in [6.07, 6.45) is 2.62. The zero-order chi connectivity index (χ0) is 12.4. The number of halogens is 1. The SMILES string of the molecule is CC(c1ccc(F)cn1)c1ncc(N)c(N)n1. The summed E-state index contributed by atoms with van der Waals surface area (Å²) in [4.78, 5) is 12.1. The molecule has 0 aliphatic carbocycles. The molecule has 0 fully saturated rings. The van der Waals surface area contributed by atoms with Crippen LogP contribution >= 0.6 is 0 Å². The number of nitrogen functional groups attached to an aromatic ring is 2. The molecule has 5 nitrogen and oxygen atoms in total. The molecule has 2 aromatic rings. The minimum absolute atomic E-state index is 0.168. The van der Waals surface area contributed by atoms with E-state index in [2.05, 4.69) is 15.0 Å². The number of nitrogens with two attached hydrogens (primary N) is 2. The highest BCUT2D eigenvalue weighted by Crippen LogP contribution is 2.21. The third kappa shape index (κ3) is 2.30. The molecule has 0 saturated carbocycles. The van der Waals surface area contributed by atoms with Crippen LogP contribution in [0.25, 0.3) is 0 Å². The van der Waals surface area contributed by atoms with Gasteiger partial charge < -0.3 is 11.5 Å². The van der Waals surface area contributed by atoms with Crippen molar-refractivity contribution in [2.24, 2.45) is 0 Å². The number of hydrogen-bond acceptors (Lipinski definition) is 5. The number of nitrogens with zero attached hydrogens (tertiary/aromatic N) is 3. The van der Waals surface area contributed by atoms with Crippen LogP contribution in [0.2, 0.25) is 0 Å². The van der Waals surface area contributed by atoms with Crippen molar-refractivity contribution in [2.75, 3.05) is 11.5 Å². The quantitative estimate of drug-likeness (QED) is 0.816. The molecule has 17 heavy (non-hydrogen) atoms. The summed E-state index contributed by atoms with van der Waals surface area (Å²) >= 11 is 0. The van der Waals surface area contributed by atoms with E-state index >= 15 is 0 Å². The van der Waals surface area contributed by atoms with E-state index in [9.17, 15) is 4.39 Å². The van der Waals surface area contributed by atoms with E-state index in [0.29, 0.717) is 17.2 Å². The molecule has 0 saturated heterocycles. The maximum atomic E-state index is 12.7. The van der Waals surface area contributed by atoms with Crippen LogP contribution in [0.15, 0.2) is 24.5 Å². The van der Waals surface area contributed by atoms with Crippen molar-refractivity contribution in [2.45, 2.75) is 12.8 Å². The molecule has 6 heteroatoms. The van der Waals surface area contributed by atoms with Gasteiger partial charge in [0.15, 0.2) is 0 Å². The van der Waals surface area contributed by atoms with E-state index in [4.69, 9.17) is 11.5 Å². The predicted molar refractivity (Wildman–Crippen MR) is 62.6 cm³/mol. The highest BCUT2D eigenvalue weighted by Gasteiger charge is 2.14. The number of rotatable bonds is 2. The Balaban J connectivity index is 2.33. The first-order chi connectivity index (χ1) is 8.08. The molecule has 4 N–H and O–H groups in total. The van der Waals surface area contributed by atoms with Crippen molar-refractivity contribution in [1.82, 2.24) is 15.0 Å². The number of aromatic nitrogens is 3. The summed E-state index contributed by atoms with van der Waals surface area (Å²) in [6, 6.07) is 2.94. The molecule has 0 spiro atoms. The van der Waals surface area contributed by atoms with Crippen LogP contribution < -0.4 is 11.5 Å². The summed E-state index contributed by atoms with van der Waals surface area (Å²) in [5, 5.41) is 0. The average Bonchev–Trinajstić information content (AvgIpc) is 2.33. The highest BCUT2D eigenvalue weighted by molar-refractivity contribution is 5.56. The third-order valence-electron chi connectivity index (χ3n) is 2.45. The van der Waals surface area contributed by atoms with Crippen LogP contribution in [0.4, 0.5) is 15.9 Å². The first-order valence-corrected chi connectivity index (χ1v) is 5.07. The van der Waals surface area contributed by atoms with Crippen LogP contribution in [0.1, 0.15) is 24.4 Å². The molecular weight excluding hydrogens is 221 g/mol. The van der Waals surface area contributed by atoms with Crippen molar-refractivity contribution in [3.8, 4) is 0 Å². The number of anilines is 2. The van der Waals surface area contributed by atoms with Crippen LogP contribution in [-0.4, -0.2) is 15.0 Å². The standard InChI is InChI=1S/C11H12FN5/c1-6(9-3-2-7(12)4-15-9)11-16-5-8(13)10(14)17-11/h2-6H,13H2,1H3,(H2,14,16,17). The Labute approximate surface area is 97.7 Å². The van der Waals surface area contributed by atoms with Gasteiger partial charge in [-0.1, -0.05) is 0 Å². The maximum Gasteiger partial charge on any atom is 0.150 e. The van der Waals surface area contributed by atoms with Crippen molar-refractivity contribution in [3.05, 3.63) is 41.9 Å². The van der Waals surface area contributed by atoms with Crippen molar-refractivity contribution < 1.29 is 4.39 Å². The highest BCUT2D eigenvalue weighted by atomic mass is 19.1. The monoisotopic (exact) mass is 233 g/mol. The first-order valence-electron chi connectivity index (χ1n) is 5.07. The van der Waals surface area contributed by atoms with Gasteiger partial charge in [0.2, 0.25) is 0 Å². The van der Waals surface area contributed by atoms with E-state index < -0.39 is 0 Å². The molecule has 0 bridgehead atoms. The van der Waals surface area contributed by atoms with Crippen molar-refractivity contribution in [1.29, 1.82) is 0 Å². The van der Waals surface area contributed by atoms with E-state index in [0.717, 1.165) is 6.20 Å². The Morgan fingerprint density at radius 1 is 1.18 bits per heavy atom. The topological polar surface area (TPSA) is 90.7 Å². The second-order valence-electron chi connectivity index (χ2n) is 3.69. The van der Waals surface area contributed by atoms with Crippen LogP contribution in [-0.2, 0) is 0 Å². The second kappa shape index (κ2) is 4.32. The Morgan fingerprint density at radius 2 is 1.94 bits per heavy atom. The Hall–Kier alpha value is -2.24. The Kier molecular flexibility index (Phi) is 2.86. The van der Waals surface area contributed by atoms with Crippen LogP contribution in [0, 0.1) is 5.82 Å². The molecule has 0 aliphatic rings. The molecule has 2 rings (SSSR count). The fourth-order valence-corrected chi connectivity index (χ4v) is 1.40. The lowest BCUT2D eigenvalue weighted by atomic mass is 10.1. The van der Waals surface area contributed by atoms with Gasteiger partial charge in [0.25, 0.3) is 0 Å². The smallest absolute Gasteiger partial charge is 0.150 e. The largest absolute Gasteiger partial charge is 0.394 e. The Morgan fingerprint density at radius 3 is 2.53 bits per heavy atom. The summed E-state index contributed by atoms with van der Waals surface area (Å²) < 4.78 is 12.7. The third-order valence-corrected chi connectivity index (χ3v) is 2.45. The van der Waals surface area contributed by atoms with Gasteiger partial charge in [0.1, 0.15) is 17.5 Å². The molecule has 1 unspecified atom stereocenters. The molecule has 1 atom stereocenters. The zero-order valence-corrected chi connectivity index (χ0v) is 9.26. The molecule has 88 valence electrons.